The molecule has 0 radical (unpaired) electrons. The van der Waals surface area contributed by atoms with E-state index >= 15 is 0 Å². The lowest BCUT2D eigenvalue weighted by Crippen LogP contribution is -2.03. The van der Waals surface area contributed by atoms with Crippen LogP contribution in [0.15, 0.2) is 48.7 Å². The summed E-state index contributed by atoms with van der Waals surface area (Å²) < 4.78 is 48.0. The molecule has 3 aromatic rings. The molecule has 0 fully saturated rings. The molecule has 1 aromatic heterocycles. The number of nitrogens with zero attached hydrogens (tertiary/aromatic N) is 1. The molecular formula is C19H14F3NO2. The van der Waals surface area contributed by atoms with Gasteiger partial charge in [-0.3, -0.25) is 4.98 Å². The quantitative estimate of drug-likeness (QED) is 0.741. The van der Waals surface area contributed by atoms with Crippen LogP contribution >= 0.6 is 0 Å². The zero-order valence-electron chi connectivity index (χ0n) is 13.3. The fourth-order valence-corrected chi connectivity index (χ4v) is 2.37. The number of aromatic nitrogens is 1. The first-order valence-electron chi connectivity index (χ1n) is 7.47. The second-order valence-corrected chi connectivity index (χ2v) is 5.46. The molecule has 0 aliphatic rings. The summed E-state index contributed by atoms with van der Waals surface area (Å²) in [5.41, 5.74) is 0.0590. The Kier molecular flexibility index (Phi) is 4.61. The Morgan fingerprint density at radius 2 is 1.64 bits per heavy atom. The van der Waals surface area contributed by atoms with E-state index in [9.17, 15) is 18.3 Å². The lowest BCUT2D eigenvalue weighted by atomic mass is 10.0. The highest BCUT2D eigenvalue weighted by Gasteiger charge is 2.16. The predicted molar refractivity (Wildman–Crippen MR) is 86.7 cm³/mol. The molecule has 0 saturated carbocycles. The van der Waals surface area contributed by atoms with Gasteiger partial charge < -0.3 is 9.84 Å². The number of aromatic hydroxyl groups is 1. The summed E-state index contributed by atoms with van der Waals surface area (Å²) in [6.07, 6.45) is 1.38. The number of aryl methyl sites for hydroxylation is 1. The van der Waals surface area contributed by atoms with Gasteiger partial charge in [0.05, 0.1) is 11.3 Å². The van der Waals surface area contributed by atoms with Crippen LogP contribution < -0.4 is 4.74 Å². The van der Waals surface area contributed by atoms with Crippen molar-refractivity contribution in [3.63, 3.8) is 0 Å². The Hall–Kier alpha value is -3.02. The number of ether oxygens (including phenoxy) is 1. The van der Waals surface area contributed by atoms with Gasteiger partial charge in [-0.05, 0) is 55.0 Å². The fraction of sp³-hybridized carbons (Fsp3) is 0.105. The van der Waals surface area contributed by atoms with Crippen LogP contribution in [0.1, 0.15) is 11.3 Å². The molecule has 1 N–H and O–H groups in total. The highest BCUT2D eigenvalue weighted by molar-refractivity contribution is 5.65. The number of benzene rings is 2. The summed E-state index contributed by atoms with van der Waals surface area (Å²) in [4.78, 5) is 3.80. The Labute approximate surface area is 142 Å². The molecule has 0 amide bonds. The summed E-state index contributed by atoms with van der Waals surface area (Å²) in [7, 11) is 0. The molecule has 0 aliphatic heterocycles. The first kappa shape index (κ1) is 16.8. The average Bonchev–Trinajstić information content (AvgIpc) is 2.58. The van der Waals surface area contributed by atoms with Gasteiger partial charge in [-0.25, -0.2) is 13.2 Å². The maximum Gasteiger partial charge on any atom is 0.152 e. The van der Waals surface area contributed by atoms with E-state index < -0.39 is 17.5 Å². The van der Waals surface area contributed by atoms with E-state index in [1.165, 1.54) is 43.5 Å². The monoisotopic (exact) mass is 345 g/mol. The maximum atomic E-state index is 14.3. The number of pyridine rings is 1. The van der Waals surface area contributed by atoms with E-state index in [0.717, 1.165) is 12.1 Å². The van der Waals surface area contributed by atoms with Crippen LogP contribution in [-0.2, 0) is 6.61 Å². The molecule has 128 valence electrons. The number of halogens is 3. The Morgan fingerprint density at radius 1 is 1.00 bits per heavy atom. The average molecular weight is 345 g/mol. The molecule has 1 heterocycles. The third kappa shape index (κ3) is 3.57. The Morgan fingerprint density at radius 3 is 2.28 bits per heavy atom. The molecule has 0 aliphatic carbocycles. The first-order valence-corrected chi connectivity index (χ1v) is 7.47. The van der Waals surface area contributed by atoms with Crippen molar-refractivity contribution in [2.75, 3.05) is 0 Å². The Bertz CT molecular complexity index is 888. The van der Waals surface area contributed by atoms with Crippen molar-refractivity contribution in [2.24, 2.45) is 0 Å². The maximum absolute atomic E-state index is 14.3. The van der Waals surface area contributed by atoms with Crippen molar-refractivity contribution in [1.82, 2.24) is 4.98 Å². The summed E-state index contributed by atoms with van der Waals surface area (Å²) in [5.74, 6) is -1.86. The highest BCUT2D eigenvalue weighted by Crippen LogP contribution is 2.28. The molecule has 3 nitrogen and oxygen atoms in total. The number of hydrogen-bond acceptors (Lipinski definition) is 3. The minimum absolute atomic E-state index is 0.0590. The highest BCUT2D eigenvalue weighted by atomic mass is 19.1. The van der Waals surface area contributed by atoms with Crippen molar-refractivity contribution in [3.05, 3.63) is 77.4 Å². The van der Waals surface area contributed by atoms with E-state index in [4.69, 9.17) is 4.74 Å². The summed E-state index contributed by atoms with van der Waals surface area (Å²) in [5, 5.41) is 9.20. The molecule has 25 heavy (non-hydrogen) atoms. The molecule has 3 rings (SSSR count). The molecule has 0 unspecified atom stereocenters. The largest absolute Gasteiger partial charge is 0.508 e. The molecule has 0 saturated heterocycles. The van der Waals surface area contributed by atoms with Gasteiger partial charge in [-0.15, -0.1) is 0 Å². The zero-order chi connectivity index (χ0) is 18.0. The van der Waals surface area contributed by atoms with Crippen LogP contribution in [0.4, 0.5) is 13.2 Å². The standard InChI is InChI=1S/C19H14F3NO2/c1-11-19(22)15(6-7-23-11)12-8-17(20)16(18(21)9-12)10-25-14-4-2-13(24)3-5-14/h2-9,24H,10H2,1H3. The second-order valence-electron chi connectivity index (χ2n) is 5.46. The first-order chi connectivity index (χ1) is 12.0. The third-order valence-electron chi connectivity index (χ3n) is 3.74. The number of hydrogen-bond donors (Lipinski definition) is 1. The van der Waals surface area contributed by atoms with Gasteiger partial charge in [0.25, 0.3) is 0 Å². The van der Waals surface area contributed by atoms with Gasteiger partial charge in [0.15, 0.2) is 5.82 Å². The fourth-order valence-electron chi connectivity index (χ4n) is 2.37. The summed E-state index contributed by atoms with van der Waals surface area (Å²) in [6.45, 7) is 1.14. The van der Waals surface area contributed by atoms with Gasteiger partial charge in [0.1, 0.15) is 29.7 Å². The van der Waals surface area contributed by atoms with Gasteiger partial charge in [0, 0.05) is 11.8 Å². The minimum Gasteiger partial charge on any atom is -0.508 e. The number of phenols is 1. The van der Waals surface area contributed by atoms with Crippen molar-refractivity contribution < 1.29 is 23.0 Å². The van der Waals surface area contributed by atoms with Crippen LogP contribution in [0.25, 0.3) is 11.1 Å². The van der Waals surface area contributed by atoms with Crippen molar-refractivity contribution in [2.45, 2.75) is 13.5 Å². The summed E-state index contributed by atoms with van der Waals surface area (Å²) >= 11 is 0. The molecule has 0 bridgehead atoms. The van der Waals surface area contributed by atoms with Gasteiger partial charge in [0.2, 0.25) is 0 Å². The Balaban J connectivity index is 1.87. The van der Waals surface area contributed by atoms with Gasteiger partial charge in [-0.2, -0.15) is 0 Å². The molecular weight excluding hydrogens is 331 g/mol. The van der Waals surface area contributed by atoms with Crippen LogP contribution in [0.5, 0.6) is 11.5 Å². The normalized spacial score (nSPS) is 10.7. The second kappa shape index (κ2) is 6.84. The molecule has 0 atom stereocenters. The van der Waals surface area contributed by atoms with Gasteiger partial charge >= 0.3 is 0 Å². The zero-order valence-corrected chi connectivity index (χ0v) is 13.3. The van der Waals surface area contributed by atoms with E-state index in [2.05, 4.69) is 4.98 Å². The van der Waals surface area contributed by atoms with Crippen molar-refractivity contribution in [1.29, 1.82) is 0 Å². The van der Waals surface area contributed by atoms with E-state index in [1.54, 1.807) is 0 Å². The number of rotatable bonds is 4. The topological polar surface area (TPSA) is 42.4 Å². The van der Waals surface area contributed by atoms with E-state index in [0.29, 0.717) is 5.75 Å². The van der Waals surface area contributed by atoms with Crippen LogP contribution in [0, 0.1) is 24.4 Å². The molecule has 0 spiro atoms. The van der Waals surface area contributed by atoms with Crippen LogP contribution in [0.2, 0.25) is 0 Å². The summed E-state index contributed by atoms with van der Waals surface area (Å²) in [6, 6.07) is 9.26. The lowest BCUT2D eigenvalue weighted by Gasteiger charge is -2.11. The minimum atomic E-state index is -0.831. The van der Waals surface area contributed by atoms with Crippen LogP contribution in [0.3, 0.4) is 0 Å². The molecule has 2 aromatic carbocycles. The van der Waals surface area contributed by atoms with E-state index in [-0.39, 0.29) is 34.7 Å². The number of phenolic OH excluding ortho intramolecular Hbond substituents is 1. The smallest absolute Gasteiger partial charge is 0.152 e. The molecule has 6 heteroatoms. The SMILES string of the molecule is Cc1nccc(-c2cc(F)c(COc3ccc(O)cc3)c(F)c2)c1F. The predicted octanol–water partition coefficient (Wildman–Crippen LogP) is 4.76. The van der Waals surface area contributed by atoms with Crippen molar-refractivity contribution >= 4 is 0 Å². The van der Waals surface area contributed by atoms with Gasteiger partial charge in [-0.1, -0.05) is 0 Å². The van der Waals surface area contributed by atoms with Crippen molar-refractivity contribution in [3.8, 4) is 22.6 Å². The van der Waals surface area contributed by atoms with E-state index in [1.807, 2.05) is 0 Å². The lowest BCUT2D eigenvalue weighted by molar-refractivity contribution is 0.292. The third-order valence-corrected chi connectivity index (χ3v) is 3.74. The van der Waals surface area contributed by atoms with Crippen LogP contribution in [-0.4, -0.2) is 10.1 Å².